The van der Waals surface area contributed by atoms with Crippen molar-refractivity contribution in [2.24, 2.45) is 0 Å². The van der Waals surface area contributed by atoms with E-state index in [-0.39, 0.29) is 0 Å². The van der Waals surface area contributed by atoms with E-state index >= 15 is 0 Å². The van der Waals surface area contributed by atoms with E-state index in [9.17, 15) is 0 Å². The third kappa shape index (κ3) is 2.05. The Hall–Kier alpha value is -1.38. The van der Waals surface area contributed by atoms with E-state index in [2.05, 4.69) is 4.98 Å². The Kier molecular flexibility index (Phi) is 3.01. The summed E-state index contributed by atoms with van der Waals surface area (Å²) >= 11 is 0. The molecule has 3 heteroatoms. The number of hydrogen-bond acceptors (Lipinski definition) is 2. The minimum Gasteiger partial charge on any atom is -0.360 e. The molecule has 0 radical (unpaired) electrons. The summed E-state index contributed by atoms with van der Waals surface area (Å²) in [6.07, 6.45) is 1.75. The molecule has 1 N–H and O–H groups in total. The van der Waals surface area contributed by atoms with Gasteiger partial charge in [0.15, 0.2) is 0 Å². The second-order valence-electron chi connectivity index (χ2n) is 3.00. The molecule has 1 aromatic heterocycles. The van der Waals surface area contributed by atoms with Crippen LogP contribution in [0.15, 0.2) is 18.3 Å². The lowest BCUT2D eigenvalue weighted by Crippen LogP contribution is -2.27. The zero-order valence-electron chi connectivity index (χ0n) is 8.33. The summed E-state index contributed by atoms with van der Waals surface area (Å²) in [5.41, 5.74) is 1.82. The van der Waals surface area contributed by atoms with Gasteiger partial charge in [0.05, 0.1) is 0 Å². The Labute approximate surface area is 78.9 Å². The Morgan fingerprint density at radius 3 is 2.85 bits per heavy atom. The van der Waals surface area contributed by atoms with Crippen molar-refractivity contribution in [3.8, 4) is 0 Å². The monoisotopic (exact) mass is 177 g/mol. The van der Waals surface area contributed by atoms with Crippen LogP contribution in [0.1, 0.15) is 18.2 Å². The smallest absolute Gasteiger partial charge is 0.129 e. The molecule has 70 valence electrons. The molecule has 0 aliphatic rings. The van der Waals surface area contributed by atoms with Crippen LogP contribution < -0.4 is 0 Å². The largest absolute Gasteiger partial charge is 0.360 e. The lowest BCUT2D eigenvalue weighted by molar-refractivity contribution is 0.532. The van der Waals surface area contributed by atoms with Crippen molar-refractivity contribution in [3.05, 3.63) is 29.6 Å². The molecule has 1 heterocycles. The second kappa shape index (κ2) is 4.03. The van der Waals surface area contributed by atoms with Gasteiger partial charge >= 0.3 is 0 Å². The van der Waals surface area contributed by atoms with Crippen LogP contribution in [-0.4, -0.2) is 29.3 Å². The molecule has 1 rings (SSSR count). The molecule has 0 amide bonds. The van der Waals surface area contributed by atoms with Gasteiger partial charge in [0.2, 0.25) is 0 Å². The number of rotatable bonds is 2. The van der Waals surface area contributed by atoms with Gasteiger partial charge in [-0.05, 0) is 26.0 Å². The molecule has 0 unspecified atom stereocenters. The molecule has 0 aliphatic carbocycles. The highest BCUT2D eigenvalue weighted by Crippen LogP contribution is 2.06. The Morgan fingerprint density at radius 2 is 2.31 bits per heavy atom. The van der Waals surface area contributed by atoms with Gasteiger partial charge in [0.25, 0.3) is 0 Å². The van der Waals surface area contributed by atoms with Crippen LogP contribution in [0.3, 0.4) is 0 Å². The molecule has 3 nitrogen and oxygen atoms in total. The van der Waals surface area contributed by atoms with E-state index in [1.54, 1.807) is 6.20 Å². The lowest BCUT2D eigenvalue weighted by atomic mass is 10.2. The first-order chi connectivity index (χ1) is 6.16. The second-order valence-corrected chi connectivity index (χ2v) is 3.00. The molecule has 0 fully saturated rings. The van der Waals surface area contributed by atoms with E-state index in [0.29, 0.717) is 5.84 Å². The normalized spacial score (nSPS) is 9.77. The minimum atomic E-state index is 0.535. The van der Waals surface area contributed by atoms with Crippen LogP contribution in [0.2, 0.25) is 0 Å². The maximum atomic E-state index is 7.86. The average molecular weight is 177 g/mol. The van der Waals surface area contributed by atoms with Crippen LogP contribution in [-0.2, 0) is 0 Å². The summed E-state index contributed by atoms with van der Waals surface area (Å²) in [4.78, 5) is 6.04. The van der Waals surface area contributed by atoms with Crippen LogP contribution in [0, 0.1) is 12.3 Å². The lowest BCUT2D eigenvalue weighted by Gasteiger charge is -2.18. The van der Waals surface area contributed by atoms with Crippen molar-refractivity contribution in [1.29, 1.82) is 5.41 Å². The maximum absolute atomic E-state index is 7.86. The molecule has 0 saturated carbocycles. The van der Waals surface area contributed by atoms with Crippen LogP contribution >= 0.6 is 0 Å². The first-order valence-corrected chi connectivity index (χ1v) is 4.38. The van der Waals surface area contributed by atoms with Crippen molar-refractivity contribution in [1.82, 2.24) is 9.88 Å². The van der Waals surface area contributed by atoms with E-state index in [1.165, 1.54) is 0 Å². The third-order valence-corrected chi connectivity index (χ3v) is 2.12. The molecule has 13 heavy (non-hydrogen) atoms. The van der Waals surface area contributed by atoms with Crippen molar-refractivity contribution in [2.75, 3.05) is 13.6 Å². The van der Waals surface area contributed by atoms with Gasteiger partial charge in [-0.3, -0.25) is 10.4 Å². The molecule has 0 spiro atoms. The van der Waals surface area contributed by atoms with E-state index in [0.717, 1.165) is 17.8 Å². The van der Waals surface area contributed by atoms with Gasteiger partial charge in [-0.2, -0.15) is 0 Å². The van der Waals surface area contributed by atoms with E-state index in [4.69, 9.17) is 5.41 Å². The zero-order valence-corrected chi connectivity index (χ0v) is 8.33. The number of nitrogens with zero attached hydrogens (tertiary/aromatic N) is 2. The number of pyridine rings is 1. The van der Waals surface area contributed by atoms with Gasteiger partial charge in [-0.1, -0.05) is 0 Å². The number of hydrogen-bond donors (Lipinski definition) is 1. The quantitative estimate of drug-likeness (QED) is 0.551. The summed E-state index contributed by atoms with van der Waals surface area (Å²) in [7, 11) is 1.91. The molecule has 0 aromatic carbocycles. The Morgan fingerprint density at radius 1 is 1.62 bits per heavy atom. The Bertz CT molecular complexity index is 307. The molecular formula is C10H15N3. The number of aromatic nitrogens is 1. The van der Waals surface area contributed by atoms with Gasteiger partial charge in [-0.15, -0.1) is 0 Å². The van der Waals surface area contributed by atoms with E-state index in [1.807, 2.05) is 37.9 Å². The third-order valence-electron chi connectivity index (χ3n) is 2.12. The summed E-state index contributed by atoms with van der Waals surface area (Å²) in [6, 6.07) is 3.79. The van der Waals surface area contributed by atoms with Crippen LogP contribution in [0.4, 0.5) is 0 Å². The summed E-state index contributed by atoms with van der Waals surface area (Å²) in [5.74, 6) is 0.535. The molecule has 0 saturated heterocycles. The minimum absolute atomic E-state index is 0.535. The van der Waals surface area contributed by atoms with Crippen LogP contribution in [0.5, 0.6) is 0 Å². The van der Waals surface area contributed by atoms with Crippen molar-refractivity contribution in [2.45, 2.75) is 13.8 Å². The standard InChI is InChI=1S/C10H15N3/c1-4-13(3)10(11)9-6-5-7-12-8(9)2/h5-7,11H,4H2,1-3H3. The van der Waals surface area contributed by atoms with Gasteiger partial charge in [-0.25, -0.2) is 0 Å². The summed E-state index contributed by atoms with van der Waals surface area (Å²) < 4.78 is 0. The van der Waals surface area contributed by atoms with Gasteiger partial charge in [0, 0.05) is 31.0 Å². The van der Waals surface area contributed by atoms with Gasteiger partial charge in [0.1, 0.15) is 5.84 Å². The molecular weight excluding hydrogens is 162 g/mol. The first kappa shape index (κ1) is 9.71. The molecule has 0 bridgehead atoms. The predicted molar refractivity (Wildman–Crippen MR) is 54.1 cm³/mol. The summed E-state index contributed by atoms with van der Waals surface area (Å²) in [5, 5.41) is 7.86. The van der Waals surface area contributed by atoms with Crippen molar-refractivity contribution >= 4 is 5.84 Å². The number of nitrogens with one attached hydrogen (secondary N) is 1. The highest BCUT2D eigenvalue weighted by atomic mass is 15.1. The molecule has 0 aliphatic heterocycles. The highest BCUT2D eigenvalue weighted by molar-refractivity contribution is 5.97. The van der Waals surface area contributed by atoms with Gasteiger partial charge < -0.3 is 4.90 Å². The van der Waals surface area contributed by atoms with Crippen molar-refractivity contribution in [3.63, 3.8) is 0 Å². The summed E-state index contributed by atoms with van der Waals surface area (Å²) in [6.45, 7) is 4.79. The fraction of sp³-hybridized carbons (Fsp3) is 0.400. The zero-order chi connectivity index (χ0) is 9.84. The van der Waals surface area contributed by atoms with Crippen molar-refractivity contribution < 1.29 is 0 Å². The maximum Gasteiger partial charge on any atom is 0.129 e. The fourth-order valence-electron chi connectivity index (χ4n) is 1.10. The fourth-order valence-corrected chi connectivity index (χ4v) is 1.10. The van der Waals surface area contributed by atoms with E-state index < -0.39 is 0 Å². The van der Waals surface area contributed by atoms with Crippen LogP contribution in [0.25, 0.3) is 0 Å². The Balaban J connectivity index is 2.95. The first-order valence-electron chi connectivity index (χ1n) is 4.38. The average Bonchev–Trinajstić information content (AvgIpc) is 2.16. The number of amidine groups is 1. The molecule has 0 atom stereocenters. The highest BCUT2D eigenvalue weighted by Gasteiger charge is 2.07. The topological polar surface area (TPSA) is 40.0 Å². The number of aryl methyl sites for hydroxylation is 1. The molecule has 1 aromatic rings. The SMILES string of the molecule is CCN(C)C(=N)c1cccnc1C. The predicted octanol–water partition coefficient (Wildman–Crippen LogP) is 1.67.